The minimum absolute atomic E-state index is 0.312. The number of nitrogens with zero attached hydrogens (tertiary/aromatic N) is 1. The lowest BCUT2D eigenvalue weighted by Crippen LogP contribution is -2.40. The zero-order chi connectivity index (χ0) is 13.8. The summed E-state index contributed by atoms with van der Waals surface area (Å²) in [6, 6.07) is 10.9. The van der Waals surface area contributed by atoms with Gasteiger partial charge in [-0.15, -0.1) is 0 Å². The molecule has 1 unspecified atom stereocenters. The Morgan fingerprint density at radius 2 is 1.90 bits per heavy atom. The molecule has 0 spiro atoms. The van der Waals surface area contributed by atoms with Crippen molar-refractivity contribution >= 4 is 5.91 Å². The number of amides is 1. The lowest BCUT2D eigenvalue weighted by atomic mass is 9.90. The summed E-state index contributed by atoms with van der Waals surface area (Å²) in [7, 11) is 0. The number of hydrogen-bond donors (Lipinski definition) is 1. The van der Waals surface area contributed by atoms with Gasteiger partial charge in [-0.2, -0.15) is 0 Å². The molecular weight excluding hydrogens is 248 g/mol. The summed E-state index contributed by atoms with van der Waals surface area (Å²) in [5.74, 6) is 0.829. The van der Waals surface area contributed by atoms with Gasteiger partial charge >= 0.3 is 0 Å². The van der Waals surface area contributed by atoms with Crippen molar-refractivity contribution in [3.8, 4) is 0 Å². The van der Waals surface area contributed by atoms with Crippen LogP contribution < -0.4 is 5.32 Å². The molecule has 2 saturated heterocycles. The van der Waals surface area contributed by atoms with Gasteiger partial charge in [-0.1, -0.05) is 30.3 Å². The topological polar surface area (TPSA) is 32.3 Å². The molecule has 2 atom stereocenters. The summed E-state index contributed by atoms with van der Waals surface area (Å²) < 4.78 is 0. The summed E-state index contributed by atoms with van der Waals surface area (Å²) in [4.78, 5) is 14.5. The first-order chi connectivity index (χ1) is 9.84. The molecule has 108 valence electrons. The fourth-order valence-corrected chi connectivity index (χ4v) is 3.54. The van der Waals surface area contributed by atoms with Crippen molar-refractivity contribution in [3.63, 3.8) is 0 Å². The molecule has 3 heteroatoms. The van der Waals surface area contributed by atoms with Gasteiger partial charge in [-0.3, -0.25) is 4.79 Å². The highest BCUT2D eigenvalue weighted by atomic mass is 16.2. The van der Waals surface area contributed by atoms with Gasteiger partial charge < -0.3 is 10.2 Å². The Bertz CT molecular complexity index is 440. The van der Waals surface area contributed by atoms with Crippen molar-refractivity contribution in [3.05, 3.63) is 35.9 Å². The van der Waals surface area contributed by atoms with E-state index in [1.165, 1.54) is 24.8 Å². The van der Waals surface area contributed by atoms with Crippen LogP contribution in [0.15, 0.2) is 30.3 Å². The molecule has 0 bridgehead atoms. The van der Waals surface area contributed by atoms with Gasteiger partial charge in [0.1, 0.15) is 0 Å². The number of carbonyl (C=O) groups is 1. The van der Waals surface area contributed by atoms with Crippen LogP contribution in [0, 0.1) is 0 Å². The minimum atomic E-state index is 0.312. The largest absolute Gasteiger partial charge is 0.343 e. The SMILES string of the molecule is O=C(CC1NCC[C@@H]1c1ccccc1)N1CCCCC1. The van der Waals surface area contributed by atoms with E-state index >= 15 is 0 Å². The molecule has 0 radical (unpaired) electrons. The molecule has 2 aliphatic heterocycles. The van der Waals surface area contributed by atoms with Crippen molar-refractivity contribution in [1.29, 1.82) is 0 Å². The van der Waals surface area contributed by atoms with E-state index in [0.717, 1.165) is 26.1 Å². The van der Waals surface area contributed by atoms with Crippen LogP contribution in [0.4, 0.5) is 0 Å². The van der Waals surface area contributed by atoms with Gasteiger partial charge in [0.2, 0.25) is 5.91 Å². The van der Waals surface area contributed by atoms with Crippen LogP contribution in [-0.4, -0.2) is 36.5 Å². The molecule has 3 nitrogen and oxygen atoms in total. The van der Waals surface area contributed by atoms with Gasteiger partial charge in [0.15, 0.2) is 0 Å². The van der Waals surface area contributed by atoms with Crippen molar-refractivity contribution in [2.45, 2.75) is 44.1 Å². The smallest absolute Gasteiger partial charge is 0.224 e. The van der Waals surface area contributed by atoms with E-state index in [0.29, 0.717) is 24.3 Å². The predicted octanol–water partition coefficient (Wildman–Crippen LogP) is 2.53. The van der Waals surface area contributed by atoms with E-state index in [2.05, 4.69) is 40.5 Å². The maximum absolute atomic E-state index is 12.4. The van der Waals surface area contributed by atoms with Gasteiger partial charge in [0, 0.05) is 31.5 Å². The van der Waals surface area contributed by atoms with Crippen molar-refractivity contribution in [1.82, 2.24) is 10.2 Å². The monoisotopic (exact) mass is 272 g/mol. The fraction of sp³-hybridized carbons (Fsp3) is 0.588. The van der Waals surface area contributed by atoms with Gasteiger partial charge in [-0.05, 0) is 37.8 Å². The highest BCUT2D eigenvalue weighted by Gasteiger charge is 2.31. The Balaban J connectivity index is 1.62. The lowest BCUT2D eigenvalue weighted by Gasteiger charge is -2.29. The van der Waals surface area contributed by atoms with Crippen LogP contribution in [0.5, 0.6) is 0 Å². The lowest BCUT2D eigenvalue weighted by molar-refractivity contribution is -0.132. The highest BCUT2D eigenvalue weighted by Crippen LogP contribution is 2.29. The second-order valence-electron chi connectivity index (χ2n) is 6.01. The van der Waals surface area contributed by atoms with Crippen LogP contribution in [0.3, 0.4) is 0 Å². The molecule has 1 amide bonds. The van der Waals surface area contributed by atoms with Crippen LogP contribution in [-0.2, 0) is 4.79 Å². The van der Waals surface area contributed by atoms with E-state index < -0.39 is 0 Å². The third-order valence-electron chi connectivity index (χ3n) is 4.68. The summed E-state index contributed by atoms with van der Waals surface area (Å²) in [6.45, 7) is 2.95. The first-order valence-corrected chi connectivity index (χ1v) is 7.91. The second kappa shape index (κ2) is 6.40. The molecule has 2 aliphatic rings. The number of carbonyl (C=O) groups excluding carboxylic acids is 1. The van der Waals surface area contributed by atoms with Crippen molar-refractivity contribution in [2.75, 3.05) is 19.6 Å². The zero-order valence-electron chi connectivity index (χ0n) is 12.1. The second-order valence-corrected chi connectivity index (χ2v) is 6.01. The molecule has 1 N–H and O–H groups in total. The molecule has 1 aromatic carbocycles. The molecular formula is C17H24N2O. The molecule has 0 aromatic heterocycles. The molecule has 2 fully saturated rings. The molecule has 0 saturated carbocycles. The average Bonchev–Trinajstić information content (AvgIpc) is 2.97. The fourth-order valence-electron chi connectivity index (χ4n) is 3.54. The van der Waals surface area contributed by atoms with E-state index in [1.54, 1.807) is 0 Å². The third kappa shape index (κ3) is 3.04. The van der Waals surface area contributed by atoms with Crippen molar-refractivity contribution < 1.29 is 4.79 Å². The quantitative estimate of drug-likeness (QED) is 0.917. The maximum atomic E-state index is 12.4. The van der Waals surface area contributed by atoms with Crippen LogP contribution in [0.2, 0.25) is 0 Å². The van der Waals surface area contributed by atoms with E-state index in [1.807, 2.05) is 0 Å². The first kappa shape index (κ1) is 13.6. The number of benzene rings is 1. The van der Waals surface area contributed by atoms with E-state index in [9.17, 15) is 4.79 Å². The molecule has 0 aliphatic carbocycles. The first-order valence-electron chi connectivity index (χ1n) is 7.91. The zero-order valence-corrected chi connectivity index (χ0v) is 12.1. The highest BCUT2D eigenvalue weighted by molar-refractivity contribution is 5.77. The number of likely N-dealkylation sites (tertiary alicyclic amines) is 1. The summed E-state index contributed by atoms with van der Waals surface area (Å²) in [5.41, 5.74) is 1.37. The molecule has 3 rings (SSSR count). The van der Waals surface area contributed by atoms with Gasteiger partial charge in [-0.25, -0.2) is 0 Å². The Kier molecular flexibility index (Phi) is 4.36. The van der Waals surface area contributed by atoms with Crippen LogP contribution in [0.1, 0.15) is 43.6 Å². The average molecular weight is 272 g/mol. The standard InChI is InChI=1S/C17H24N2O/c20-17(19-11-5-2-6-12-19)13-16-15(9-10-18-16)14-7-3-1-4-8-14/h1,3-4,7-8,15-16,18H,2,5-6,9-13H2/t15-,16?/m1/s1. The Hall–Kier alpha value is -1.35. The van der Waals surface area contributed by atoms with Crippen LogP contribution in [0.25, 0.3) is 0 Å². The molecule has 2 heterocycles. The van der Waals surface area contributed by atoms with Crippen LogP contribution >= 0.6 is 0 Å². The predicted molar refractivity (Wildman–Crippen MR) is 80.6 cm³/mol. The van der Waals surface area contributed by atoms with E-state index in [-0.39, 0.29) is 0 Å². The normalized spacial score (nSPS) is 26.7. The number of nitrogens with one attached hydrogen (secondary N) is 1. The summed E-state index contributed by atoms with van der Waals surface area (Å²) in [5, 5.41) is 3.53. The summed E-state index contributed by atoms with van der Waals surface area (Å²) >= 11 is 0. The van der Waals surface area contributed by atoms with Gasteiger partial charge in [0.05, 0.1) is 0 Å². The molecule has 1 aromatic rings. The number of hydrogen-bond acceptors (Lipinski definition) is 2. The number of rotatable bonds is 3. The molecule has 20 heavy (non-hydrogen) atoms. The minimum Gasteiger partial charge on any atom is -0.343 e. The number of piperidine rings is 1. The van der Waals surface area contributed by atoms with E-state index in [4.69, 9.17) is 0 Å². The third-order valence-corrected chi connectivity index (χ3v) is 4.68. The Labute approximate surface area is 121 Å². The summed E-state index contributed by atoms with van der Waals surface area (Å²) in [6.07, 6.45) is 5.41. The van der Waals surface area contributed by atoms with Crippen molar-refractivity contribution in [2.24, 2.45) is 0 Å². The maximum Gasteiger partial charge on any atom is 0.224 e. The van der Waals surface area contributed by atoms with Gasteiger partial charge in [0.25, 0.3) is 0 Å². The Morgan fingerprint density at radius 1 is 1.15 bits per heavy atom. The Morgan fingerprint density at radius 3 is 2.65 bits per heavy atom.